The predicted molar refractivity (Wildman–Crippen MR) is 47.7 cm³/mol. The summed E-state index contributed by atoms with van der Waals surface area (Å²) in [5.41, 5.74) is 0. The summed E-state index contributed by atoms with van der Waals surface area (Å²) in [6, 6.07) is 0. The minimum absolute atomic E-state index is 0.435. The van der Waals surface area contributed by atoms with Crippen LogP contribution in [-0.4, -0.2) is 11.5 Å². The molecule has 14 heavy (non-hydrogen) atoms. The highest BCUT2D eigenvalue weighted by Crippen LogP contribution is 2.39. The molecule has 0 N–H and O–H groups in total. The molecule has 0 fully saturated rings. The summed E-state index contributed by atoms with van der Waals surface area (Å²) in [6.45, 7) is 0. The molecule has 1 aromatic rings. The normalized spacial score (nSPS) is 15.4. The largest absolute Gasteiger partial charge is 0.202 e. The summed E-state index contributed by atoms with van der Waals surface area (Å²) < 4.78 is 52.4. The van der Waals surface area contributed by atoms with Crippen molar-refractivity contribution >= 4 is 23.5 Å². The van der Waals surface area contributed by atoms with E-state index in [-0.39, 0.29) is 0 Å². The lowest BCUT2D eigenvalue weighted by atomic mass is 10.3. The molecule has 0 nitrogen and oxygen atoms in total. The fourth-order valence-corrected chi connectivity index (χ4v) is 3.07. The van der Waals surface area contributed by atoms with Crippen LogP contribution in [0.3, 0.4) is 0 Å². The Hall–Kier alpha value is -0.360. The highest BCUT2D eigenvalue weighted by Gasteiger charge is 2.27. The van der Waals surface area contributed by atoms with Crippen molar-refractivity contribution in [1.82, 2.24) is 0 Å². The van der Waals surface area contributed by atoms with Crippen molar-refractivity contribution in [2.24, 2.45) is 0 Å². The average Bonchev–Trinajstić information content (AvgIpc) is 2.15. The van der Waals surface area contributed by atoms with Gasteiger partial charge in [0.05, 0.1) is 9.79 Å². The second kappa shape index (κ2) is 3.66. The third-order valence-electron chi connectivity index (χ3n) is 1.76. The lowest BCUT2D eigenvalue weighted by Gasteiger charge is -2.14. The van der Waals surface area contributed by atoms with Gasteiger partial charge in [0, 0.05) is 11.5 Å². The van der Waals surface area contributed by atoms with Gasteiger partial charge in [-0.15, -0.1) is 23.5 Å². The Kier molecular flexibility index (Phi) is 2.66. The molecule has 2 aliphatic rings. The number of fused-ring (bicyclic) bond motifs is 5. The first-order valence-electron chi connectivity index (χ1n) is 3.74. The highest BCUT2D eigenvalue weighted by molar-refractivity contribution is 8.03. The molecule has 6 heteroatoms. The lowest BCUT2D eigenvalue weighted by molar-refractivity contribution is 0.400. The summed E-state index contributed by atoms with van der Waals surface area (Å²) in [4.78, 5) is -1.10. The van der Waals surface area contributed by atoms with Crippen LogP contribution in [0.25, 0.3) is 0 Å². The zero-order chi connectivity index (χ0) is 10.3. The smallest absolute Gasteiger partial charge is 0.176 e. The van der Waals surface area contributed by atoms with Gasteiger partial charge in [0.15, 0.2) is 23.3 Å². The minimum atomic E-state index is -1.28. The van der Waals surface area contributed by atoms with Crippen LogP contribution in [0.4, 0.5) is 17.6 Å². The molecule has 0 aliphatic carbocycles. The first kappa shape index (κ1) is 10.2. The van der Waals surface area contributed by atoms with E-state index < -0.39 is 33.1 Å². The molecule has 0 aromatic heterocycles. The van der Waals surface area contributed by atoms with E-state index in [0.29, 0.717) is 11.5 Å². The zero-order valence-electron chi connectivity index (χ0n) is 6.74. The van der Waals surface area contributed by atoms with Crippen LogP contribution < -0.4 is 0 Å². The summed E-state index contributed by atoms with van der Waals surface area (Å²) in [7, 11) is 0. The molecule has 0 amide bonds. The van der Waals surface area contributed by atoms with Gasteiger partial charge in [0.1, 0.15) is 0 Å². The molecule has 0 saturated carbocycles. The molecular formula is C8H4F4S2. The summed E-state index contributed by atoms with van der Waals surface area (Å²) in [5.74, 6) is -4.25. The number of thioether (sulfide) groups is 2. The third-order valence-corrected chi connectivity index (χ3v) is 4.13. The molecule has 2 aliphatic heterocycles. The van der Waals surface area contributed by atoms with E-state index in [2.05, 4.69) is 0 Å². The van der Waals surface area contributed by atoms with Crippen LogP contribution in [0.1, 0.15) is 0 Å². The monoisotopic (exact) mass is 240 g/mol. The molecule has 3 rings (SSSR count). The van der Waals surface area contributed by atoms with Gasteiger partial charge in [0.25, 0.3) is 0 Å². The van der Waals surface area contributed by atoms with E-state index in [1.165, 1.54) is 0 Å². The van der Waals surface area contributed by atoms with E-state index in [0.717, 1.165) is 23.5 Å². The molecular weight excluding hydrogens is 236 g/mol. The Labute approximate surface area is 86.1 Å². The lowest BCUT2D eigenvalue weighted by Crippen LogP contribution is -2.06. The Balaban J connectivity index is 2.76. The molecule has 2 heterocycles. The van der Waals surface area contributed by atoms with Gasteiger partial charge >= 0.3 is 0 Å². The van der Waals surface area contributed by atoms with Crippen molar-refractivity contribution < 1.29 is 17.6 Å². The summed E-state index contributed by atoms with van der Waals surface area (Å²) in [5, 5.41) is 0. The molecule has 0 radical (unpaired) electrons. The average molecular weight is 240 g/mol. The van der Waals surface area contributed by atoms with Gasteiger partial charge in [-0.05, 0) is 0 Å². The highest BCUT2D eigenvalue weighted by atomic mass is 32.2. The Morgan fingerprint density at radius 3 is 1.21 bits per heavy atom. The van der Waals surface area contributed by atoms with Gasteiger partial charge < -0.3 is 0 Å². The van der Waals surface area contributed by atoms with Crippen molar-refractivity contribution in [2.75, 3.05) is 11.5 Å². The molecule has 1 aromatic carbocycles. The van der Waals surface area contributed by atoms with E-state index in [4.69, 9.17) is 0 Å². The van der Waals surface area contributed by atoms with Crippen molar-refractivity contribution in [2.45, 2.75) is 9.79 Å². The van der Waals surface area contributed by atoms with Gasteiger partial charge in [0.2, 0.25) is 0 Å². The third kappa shape index (κ3) is 1.40. The van der Waals surface area contributed by atoms with Gasteiger partial charge in [-0.3, -0.25) is 0 Å². The van der Waals surface area contributed by atoms with Gasteiger partial charge in [-0.1, -0.05) is 0 Å². The standard InChI is InChI=1S/C8H4F4S2/c9-3-5(11)8-6(12)4(10)7(3)13-1-2-14-8/h1-2H2. The fraction of sp³-hybridized carbons (Fsp3) is 0.250. The van der Waals surface area contributed by atoms with E-state index >= 15 is 0 Å². The predicted octanol–water partition coefficient (Wildman–Crippen LogP) is 3.44. The maximum atomic E-state index is 13.1. The van der Waals surface area contributed by atoms with E-state index in [1.54, 1.807) is 0 Å². The molecule has 0 unspecified atom stereocenters. The number of halogens is 4. The van der Waals surface area contributed by atoms with Crippen LogP contribution >= 0.6 is 23.5 Å². The van der Waals surface area contributed by atoms with Crippen molar-refractivity contribution in [3.8, 4) is 0 Å². The van der Waals surface area contributed by atoms with Gasteiger partial charge in [-0.25, -0.2) is 17.6 Å². The first-order valence-corrected chi connectivity index (χ1v) is 5.71. The Morgan fingerprint density at radius 1 is 0.643 bits per heavy atom. The molecule has 2 bridgehead atoms. The number of hydrogen-bond acceptors (Lipinski definition) is 2. The van der Waals surface area contributed by atoms with Crippen molar-refractivity contribution in [3.05, 3.63) is 23.3 Å². The fourth-order valence-electron chi connectivity index (χ4n) is 1.13. The van der Waals surface area contributed by atoms with Crippen LogP contribution in [-0.2, 0) is 0 Å². The topological polar surface area (TPSA) is 0 Å². The molecule has 0 atom stereocenters. The van der Waals surface area contributed by atoms with Crippen molar-refractivity contribution in [1.29, 1.82) is 0 Å². The quantitative estimate of drug-likeness (QED) is 0.503. The molecule has 0 saturated heterocycles. The Bertz CT molecular complexity index is 325. The van der Waals surface area contributed by atoms with E-state index in [9.17, 15) is 17.6 Å². The van der Waals surface area contributed by atoms with Crippen molar-refractivity contribution in [3.63, 3.8) is 0 Å². The second-order valence-corrected chi connectivity index (χ2v) is 4.82. The summed E-state index contributed by atoms with van der Waals surface area (Å²) in [6.07, 6.45) is 0. The van der Waals surface area contributed by atoms with Crippen LogP contribution in [0.2, 0.25) is 0 Å². The van der Waals surface area contributed by atoms with Crippen LogP contribution in [0.5, 0.6) is 0 Å². The van der Waals surface area contributed by atoms with Crippen LogP contribution in [0, 0.1) is 23.3 Å². The number of rotatable bonds is 0. The summed E-state index contributed by atoms with van der Waals surface area (Å²) >= 11 is 1.59. The maximum absolute atomic E-state index is 13.1. The number of benzene rings is 1. The number of hydrogen-bond donors (Lipinski definition) is 0. The second-order valence-electron chi connectivity index (χ2n) is 2.61. The van der Waals surface area contributed by atoms with E-state index in [1.807, 2.05) is 0 Å². The zero-order valence-corrected chi connectivity index (χ0v) is 8.38. The minimum Gasteiger partial charge on any atom is -0.202 e. The van der Waals surface area contributed by atoms with Gasteiger partial charge in [-0.2, -0.15) is 0 Å². The molecule has 76 valence electrons. The first-order chi connectivity index (χ1) is 6.63. The van der Waals surface area contributed by atoms with Crippen LogP contribution in [0.15, 0.2) is 9.79 Å². The maximum Gasteiger partial charge on any atom is 0.176 e. The Morgan fingerprint density at radius 2 is 0.929 bits per heavy atom. The molecule has 0 spiro atoms. The SMILES string of the molecule is Fc1c(F)c2c(F)c(F)c1SCCS2.